The maximum Gasteiger partial charge on any atom is 0.322 e. The third kappa shape index (κ3) is 2.81. The Kier molecular flexibility index (Phi) is 3.25. The number of anilines is 2. The molecule has 3 rings (SSSR count). The summed E-state index contributed by atoms with van der Waals surface area (Å²) in [5.74, 6) is 0.0859. The second-order valence-corrected chi connectivity index (χ2v) is 5.15. The number of urea groups is 1. The summed E-state index contributed by atoms with van der Waals surface area (Å²) in [6.07, 6.45) is 0. The lowest BCUT2D eigenvalue weighted by atomic mass is 10.2. The number of nitrogens with one attached hydrogen (secondary N) is 1. The average Bonchev–Trinajstić information content (AvgIpc) is 2.76. The molecule has 21 heavy (non-hydrogen) atoms. The lowest BCUT2D eigenvalue weighted by Gasteiger charge is -2.27. The topological polar surface area (TPSA) is 76.2 Å². The van der Waals surface area contributed by atoms with Crippen LogP contribution in [0.25, 0.3) is 0 Å². The maximum absolute atomic E-state index is 13.3. The van der Waals surface area contributed by atoms with Crippen LogP contribution in [0.2, 0.25) is 0 Å². The molecule has 0 spiro atoms. The third-order valence-corrected chi connectivity index (χ3v) is 3.40. The molecule has 0 bridgehead atoms. The summed E-state index contributed by atoms with van der Waals surface area (Å²) in [7, 11) is 0. The zero-order valence-electron chi connectivity index (χ0n) is 11.6. The average molecular weight is 289 g/mol. The summed E-state index contributed by atoms with van der Waals surface area (Å²) >= 11 is 0. The first kappa shape index (κ1) is 13.4. The van der Waals surface area contributed by atoms with Crippen molar-refractivity contribution in [1.29, 1.82) is 0 Å². The van der Waals surface area contributed by atoms with E-state index in [2.05, 4.69) is 10.4 Å². The molecular formula is C14H16FN5O. The largest absolute Gasteiger partial charge is 0.382 e. The number of carbonyl (C=O) groups excluding carboxylic acids is 1. The van der Waals surface area contributed by atoms with E-state index in [9.17, 15) is 9.18 Å². The van der Waals surface area contributed by atoms with Gasteiger partial charge in [-0.3, -0.25) is 4.68 Å². The first-order valence-electron chi connectivity index (χ1n) is 6.66. The number of aryl methyl sites for hydroxylation is 1. The van der Waals surface area contributed by atoms with Crippen molar-refractivity contribution >= 4 is 17.5 Å². The van der Waals surface area contributed by atoms with Crippen LogP contribution in [-0.2, 0) is 13.1 Å². The van der Waals surface area contributed by atoms with Gasteiger partial charge in [0.25, 0.3) is 0 Å². The molecule has 1 aliphatic rings. The van der Waals surface area contributed by atoms with E-state index in [4.69, 9.17) is 5.73 Å². The number of hydrogen-bond donors (Lipinski definition) is 2. The number of halogens is 1. The van der Waals surface area contributed by atoms with Crippen LogP contribution < -0.4 is 11.1 Å². The number of hydrogen-bond acceptors (Lipinski definition) is 3. The highest BCUT2D eigenvalue weighted by Crippen LogP contribution is 2.17. The zero-order chi connectivity index (χ0) is 15.0. The van der Waals surface area contributed by atoms with E-state index < -0.39 is 0 Å². The van der Waals surface area contributed by atoms with Crippen LogP contribution >= 0.6 is 0 Å². The van der Waals surface area contributed by atoms with Gasteiger partial charge in [-0.25, -0.2) is 9.18 Å². The molecule has 0 saturated heterocycles. The van der Waals surface area contributed by atoms with E-state index in [-0.39, 0.29) is 11.8 Å². The van der Waals surface area contributed by atoms with Gasteiger partial charge in [0.2, 0.25) is 0 Å². The van der Waals surface area contributed by atoms with E-state index in [1.807, 2.05) is 0 Å². The SMILES string of the molecule is Cc1cc(F)cc(NC(=O)N2CCn3nc(N)cc3C2)c1. The van der Waals surface area contributed by atoms with Crippen molar-refractivity contribution in [3.63, 3.8) is 0 Å². The highest BCUT2D eigenvalue weighted by atomic mass is 19.1. The quantitative estimate of drug-likeness (QED) is 0.842. The molecule has 0 unspecified atom stereocenters. The van der Waals surface area contributed by atoms with E-state index in [1.165, 1.54) is 12.1 Å². The molecular weight excluding hydrogens is 273 g/mol. The number of nitrogens with two attached hydrogens (primary N) is 1. The lowest BCUT2D eigenvalue weighted by Crippen LogP contribution is -2.40. The molecule has 6 nitrogen and oxygen atoms in total. The van der Waals surface area contributed by atoms with Crippen molar-refractivity contribution in [1.82, 2.24) is 14.7 Å². The molecule has 1 aromatic heterocycles. The van der Waals surface area contributed by atoms with Gasteiger partial charge in [-0.2, -0.15) is 5.10 Å². The number of rotatable bonds is 1. The molecule has 0 fully saturated rings. The normalized spacial score (nSPS) is 13.9. The van der Waals surface area contributed by atoms with E-state index in [1.54, 1.807) is 28.6 Å². The summed E-state index contributed by atoms with van der Waals surface area (Å²) in [5.41, 5.74) is 7.75. The Morgan fingerprint density at radius 2 is 2.14 bits per heavy atom. The monoisotopic (exact) mass is 289 g/mol. The van der Waals surface area contributed by atoms with Gasteiger partial charge < -0.3 is 16.0 Å². The predicted octanol–water partition coefficient (Wildman–Crippen LogP) is 1.96. The Morgan fingerprint density at radius 1 is 1.33 bits per heavy atom. The Balaban J connectivity index is 1.72. The minimum absolute atomic E-state index is 0.258. The molecule has 1 aliphatic heterocycles. The van der Waals surface area contributed by atoms with Crippen LogP contribution in [0.5, 0.6) is 0 Å². The Bertz CT molecular complexity index is 676. The Hall–Kier alpha value is -2.57. The van der Waals surface area contributed by atoms with Crippen molar-refractivity contribution in [2.45, 2.75) is 20.0 Å². The smallest absolute Gasteiger partial charge is 0.322 e. The number of nitrogens with zero attached hydrogens (tertiary/aromatic N) is 3. The summed E-state index contributed by atoms with van der Waals surface area (Å²) in [6.45, 7) is 3.35. The summed E-state index contributed by atoms with van der Waals surface area (Å²) in [6, 6.07) is 5.94. The van der Waals surface area contributed by atoms with Gasteiger partial charge in [-0.05, 0) is 30.7 Å². The molecule has 2 heterocycles. The summed E-state index contributed by atoms with van der Waals surface area (Å²) in [5, 5.41) is 6.86. The van der Waals surface area contributed by atoms with Crippen LogP contribution in [-0.4, -0.2) is 27.3 Å². The lowest BCUT2D eigenvalue weighted by molar-refractivity contribution is 0.194. The van der Waals surface area contributed by atoms with Gasteiger partial charge in [0, 0.05) is 18.3 Å². The fourth-order valence-corrected chi connectivity index (χ4v) is 2.47. The van der Waals surface area contributed by atoms with Crippen molar-refractivity contribution in [2.24, 2.45) is 0 Å². The number of benzene rings is 1. The van der Waals surface area contributed by atoms with Gasteiger partial charge in [-0.1, -0.05) is 0 Å². The van der Waals surface area contributed by atoms with Crippen LogP contribution in [0.4, 0.5) is 20.7 Å². The number of aromatic nitrogens is 2. The second kappa shape index (κ2) is 5.08. The predicted molar refractivity (Wildman–Crippen MR) is 77.2 cm³/mol. The van der Waals surface area contributed by atoms with Gasteiger partial charge in [0.1, 0.15) is 11.6 Å². The number of carbonyl (C=O) groups is 1. The molecule has 7 heteroatoms. The first-order valence-corrected chi connectivity index (χ1v) is 6.66. The van der Waals surface area contributed by atoms with Crippen LogP contribution in [0.3, 0.4) is 0 Å². The molecule has 1 aromatic carbocycles. The summed E-state index contributed by atoms with van der Waals surface area (Å²) < 4.78 is 15.1. The van der Waals surface area contributed by atoms with E-state index >= 15 is 0 Å². The van der Waals surface area contributed by atoms with Gasteiger partial charge >= 0.3 is 6.03 Å². The molecule has 0 atom stereocenters. The fraction of sp³-hybridized carbons (Fsp3) is 0.286. The number of nitrogen functional groups attached to an aromatic ring is 1. The minimum atomic E-state index is -0.366. The first-order chi connectivity index (χ1) is 10.0. The number of fused-ring (bicyclic) bond motifs is 1. The zero-order valence-corrected chi connectivity index (χ0v) is 11.6. The highest BCUT2D eigenvalue weighted by molar-refractivity contribution is 5.89. The van der Waals surface area contributed by atoms with Crippen LogP contribution in [0.15, 0.2) is 24.3 Å². The summed E-state index contributed by atoms with van der Waals surface area (Å²) in [4.78, 5) is 13.9. The Labute approximate surface area is 121 Å². The minimum Gasteiger partial charge on any atom is -0.382 e. The number of amides is 2. The van der Waals surface area contributed by atoms with E-state index in [0.29, 0.717) is 31.1 Å². The molecule has 0 aliphatic carbocycles. The van der Waals surface area contributed by atoms with E-state index in [0.717, 1.165) is 11.3 Å². The fourth-order valence-electron chi connectivity index (χ4n) is 2.47. The second-order valence-electron chi connectivity index (χ2n) is 5.15. The molecule has 2 amide bonds. The van der Waals surface area contributed by atoms with Crippen molar-refractivity contribution in [3.05, 3.63) is 41.3 Å². The van der Waals surface area contributed by atoms with Crippen LogP contribution in [0, 0.1) is 12.7 Å². The highest BCUT2D eigenvalue weighted by Gasteiger charge is 2.22. The van der Waals surface area contributed by atoms with Crippen molar-refractivity contribution in [3.8, 4) is 0 Å². The van der Waals surface area contributed by atoms with Crippen molar-refractivity contribution < 1.29 is 9.18 Å². The molecule has 3 N–H and O–H groups in total. The van der Waals surface area contributed by atoms with Gasteiger partial charge in [0.15, 0.2) is 0 Å². The molecule has 0 saturated carbocycles. The Morgan fingerprint density at radius 3 is 2.90 bits per heavy atom. The van der Waals surface area contributed by atoms with Gasteiger partial charge in [0.05, 0.1) is 18.8 Å². The van der Waals surface area contributed by atoms with Gasteiger partial charge in [-0.15, -0.1) is 0 Å². The van der Waals surface area contributed by atoms with Crippen molar-refractivity contribution in [2.75, 3.05) is 17.6 Å². The molecule has 0 radical (unpaired) electrons. The molecule has 2 aromatic rings. The molecule has 110 valence electrons. The third-order valence-electron chi connectivity index (χ3n) is 3.40. The maximum atomic E-state index is 13.3. The van der Waals surface area contributed by atoms with Crippen LogP contribution in [0.1, 0.15) is 11.3 Å². The standard InChI is InChI=1S/C14H16FN5O/c1-9-4-10(15)6-11(5-9)17-14(21)19-2-3-20-12(8-19)7-13(16)18-20/h4-7H,2-3,8H2,1H3,(H2,16,18)(H,17,21).